The van der Waals surface area contributed by atoms with Gasteiger partial charge in [0.25, 0.3) is 0 Å². The number of anilines is 3. The van der Waals surface area contributed by atoms with Gasteiger partial charge in [-0.15, -0.1) is 0 Å². The molecule has 0 unspecified atom stereocenters. The van der Waals surface area contributed by atoms with Crippen molar-refractivity contribution in [3.63, 3.8) is 0 Å². The number of hydrogen-bond donors (Lipinski definition) is 2. The number of aryl methyl sites for hydroxylation is 2. The first-order chi connectivity index (χ1) is 12.7. The number of nitrogens with zero attached hydrogens (tertiary/aromatic N) is 1. The van der Waals surface area contributed by atoms with Gasteiger partial charge in [-0.1, -0.05) is 49.4 Å². The number of benzene rings is 2. The number of hydrogen-bond acceptors (Lipinski definition) is 3. The Morgan fingerprint density at radius 2 is 1.69 bits per heavy atom. The van der Waals surface area contributed by atoms with Crippen LogP contribution in [0, 0.1) is 6.92 Å². The van der Waals surface area contributed by atoms with Crippen LogP contribution in [0.4, 0.5) is 17.2 Å². The molecule has 0 spiro atoms. The van der Waals surface area contributed by atoms with Gasteiger partial charge in [-0.05, 0) is 48.2 Å². The molecule has 2 N–H and O–H groups in total. The summed E-state index contributed by atoms with van der Waals surface area (Å²) in [7, 11) is 0. The largest absolute Gasteiger partial charge is 0.340 e. The summed E-state index contributed by atoms with van der Waals surface area (Å²) in [5.74, 6) is 0.709. The van der Waals surface area contributed by atoms with E-state index < -0.39 is 0 Å². The van der Waals surface area contributed by atoms with Gasteiger partial charge in [-0.25, -0.2) is 4.98 Å². The van der Waals surface area contributed by atoms with Crippen LogP contribution in [0.5, 0.6) is 0 Å². The van der Waals surface area contributed by atoms with Crippen LogP contribution in [0.15, 0.2) is 66.9 Å². The SMILES string of the molecule is CCc1ccccc1Nc1ccc(NC(=O)Cc2ccccc2C)cn1. The quantitative estimate of drug-likeness (QED) is 0.669. The highest BCUT2D eigenvalue weighted by Gasteiger charge is 2.07. The van der Waals surface area contributed by atoms with Crippen LogP contribution in [0.1, 0.15) is 23.6 Å². The van der Waals surface area contributed by atoms with E-state index in [1.54, 1.807) is 6.20 Å². The maximum absolute atomic E-state index is 12.2. The minimum Gasteiger partial charge on any atom is -0.340 e. The number of carbonyl (C=O) groups is 1. The topological polar surface area (TPSA) is 54.0 Å². The van der Waals surface area contributed by atoms with Crippen molar-refractivity contribution in [1.29, 1.82) is 0 Å². The highest BCUT2D eigenvalue weighted by Crippen LogP contribution is 2.21. The van der Waals surface area contributed by atoms with Crippen LogP contribution in [0.25, 0.3) is 0 Å². The molecule has 0 aliphatic rings. The molecule has 0 aliphatic carbocycles. The number of rotatable bonds is 6. The molecule has 1 aromatic heterocycles. The Labute approximate surface area is 154 Å². The molecule has 2 aromatic carbocycles. The first-order valence-corrected chi connectivity index (χ1v) is 8.81. The van der Waals surface area contributed by atoms with E-state index >= 15 is 0 Å². The molecule has 4 heteroatoms. The smallest absolute Gasteiger partial charge is 0.228 e. The van der Waals surface area contributed by atoms with E-state index in [9.17, 15) is 4.79 Å². The molecule has 0 bridgehead atoms. The Balaban J connectivity index is 1.62. The standard InChI is InChI=1S/C22H23N3O/c1-3-17-9-6-7-11-20(17)25-21-13-12-19(15-23-21)24-22(26)14-18-10-5-4-8-16(18)2/h4-13,15H,3,14H2,1-2H3,(H,23,25)(H,24,26). The molecule has 0 aliphatic heterocycles. The van der Waals surface area contributed by atoms with Crippen LogP contribution >= 0.6 is 0 Å². The van der Waals surface area contributed by atoms with Crippen molar-refractivity contribution in [2.75, 3.05) is 10.6 Å². The molecule has 0 saturated heterocycles. The fraction of sp³-hybridized carbons (Fsp3) is 0.182. The van der Waals surface area contributed by atoms with Crippen LogP contribution in [0.2, 0.25) is 0 Å². The summed E-state index contributed by atoms with van der Waals surface area (Å²) in [5.41, 5.74) is 5.14. The molecular weight excluding hydrogens is 322 g/mol. The Morgan fingerprint density at radius 3 is 2.38 bits per heavy atom. The molecule has 0 saturated carbocycles. The van der Waals surface area contributed by atoms with Crippen LogP contribution in [-0.2, 0) is 17.6 Å². The number of aromatic nitrogens is 1. The van der Waals surface area contributed by atoms with Crippen molar-refractivity contribution in [3.8, 4) is 0 Å². The van der Waals surface area contributed by atoms with E-state index in [1.807, 2.05) is 61.5 Å². The second-order valence-electron chi connectivity index (χ2n) is 6.22. The maximum atomic E-state index is 12.2. The van der Waals surface area contributed by atoms with Gasteiger partial charge in [0.1, 0.15) is 5.82 Å². The van der Waals surface area contributed by atoms with E-state index in [1.165, 1.54) is 5.56 Å². The predicted molar refractivity (Wildman–Crippen MR) is 107 cm³/mol. The normalized spacial score (nSPS) is 10.4. The summed E-state index contributed by atoms with van der Waals surface area (Å²) < 4.78 is 0. The zero-order valence-electron chi connectivity index (χ0n) is 15.1. The van der Waals surface area contributed by atoms with Crippen LogP contribution in [0.3, 0.4) is 0 Å². The van der Waals surface area contributed by atoms with Crippen molar-refractivity contribution in [1.82, 2.24) is 4.98 Å². The summed E-state index contributed by atoms with van der Waals surface area (Å²) >= 11 is 0. The second-order valence-corrected chi connectivity index (χ2v) is 6.22. The van der Waals surface area contributed by atoms with Gasteiger partial charge in [0, 0.05) is 5.69 Å². The number of nitrogens with one attached hydrogen (secondary N) is 2. The van der Waals surface area contributed by atoms with Gasteiger partial charge in [0.05, 0.1) is 18.3 Å². The number of carbonyl (C=O) groups excluding carboxylic acids is 1. The lowest BCUT2D eigenvalue weighted by molar-refractivity contribution is -0.115. The number of para-hydroxylation sites is 1. The van der Waals surface area contributed by atoms with Crippen LogP contribution < -0.4 is 10.6 Å². The zero-order chi connectivity index (χ0) is 18.4. The van der Waals surface area contributed by atoms with Gasteiger partial charge in [0.2, 0.25) is 5.91 Å². The van der Waals surface area contributed by atoms with Crippen molar-refractivity contribution in [3.05, 3.63) is 83.6 Å². The first kappa shape index (κ1) is 17.7. The van der Waals surface area contributed by atoms with E-state index in [-0.39, 0.29) is 5.91 Å². The second kappa shape index (κ2) is 8.30. The van der Waals surface area contributed by atoms with E-state index in [2.05, 4.69) is 28.6 Å². The minimum absolute atomic E-state index is 0.0434. The summed E-state index contributed by atoms with van der Waals surface area (Å²) in [4.78, 5) is 16.6. The Kier molecular flexibility index (Phi) is 5.64. The third-order valence-corrected chi connectivity index (χ3v) is 4.32. The number of pyridine rings is 1. The highest BCUT2D eigenvalue weighted by atomic mass is 16.1. The van der Waals surface area contributed by atoms with Gasteiger partial charge in [0.15, 0.2) is 0 Å². The first-order valence-electron chi connectivity index (χ1n) is 8.81. The molecule has 1 amide bonds. The number of amides is 1. The van der Waals surface area contributed by atoms with Gasteiger partial charge >= 0.3 is 0 Å². The van der Waals surface area contributed by atoms with E-state index in [4.69, 9.17) is 0 Å². The Bertz CT molecular complexity index is 888. The van der Waals surface area contributed by atoms with E-state index in [0.717, 1.165) is 29.1 Å². The molecule has 3 aromatic rings. The summed E-state index contributed by atoms with van der Waals surface area (Å²) in [6, 6.07) is 19.8. The lowest BCUT2D eigenvalue weighted by Crippen LogP contribution is -2.15. The Hall–Kier alpha value is -3.14. The molecule has 1 heterocycles. The fourth-order valence-electron chi connectivity index (χ4n) is 2.82. The zero-order valence-corrected chi connectivity index (χ0v) is 15.1. The van der Waals surface area contributed by atoms with Gasteiger partial charge in [-0.3, -0.25) is 4.79 Å². The summed E-state index contributed by atoms with van der Waals surface area (Å²) in [6.07, 6.45) is 2.99. The fourth-order valence-corrected chi connectivity index (χ4v) is 2.82. The molecule has 4 nitrogen and oxygen atoms in total. The third kappa shape index (κ3) is 4.48. The molecule has 0 radical (unpaired) electrons. The molecular formula is C22H23N3O. The monoisotopic (exact) mass is 345 g/mol. The van der Waals surface area contributed by atoms with Crippen LogP contribution in [-0.4, -0.2) is 10.9 Å². The molecule has 0 fully saturated rings. The average Bonchev–Trinajstić information content (AvgIpc) is 2.66. The molecule has 132 valence electrons. The summed E-state index contributed by atoms with van der Waals surface area (Å²) in [5, 5.41) is 6.23. The van der Waals surface area contributed by atoms with Crippen molar-refractivity contribution in [2.45, 2.75) is 26.7 Å². The maximum Gasteiger partial charge on any atom is 0.228 e. The van der Waals surface area contributed by atoms with Crippen molar-refractivity contribution in [2.24, 2.45) is 0 Å². The predicted octanol–water partition coefficient (Wildman–Crippen LogP) is 4.88. The minimum atomic E-state index is -0.0434. The van der Waals surface area contributed by atoms with E-state index in [0.29, 0.717) is 12.1 Å². The molecule has 3 rings (SSSR count). The van der Waals surface area contributed by atoms with Crippen molar-refractivity contribution >= 4 is 23.1 Å². The third-order valence-electron chi connectivity index (χ3n) is 4.32. The highest BCUT2D eigenvalue weighted by molar-refractivity contribution is 5.92. The average molecular weight is 345 g/mol. The molecule has 26 heavy (non-hydrogen) atoms. The van der Waals surface area contributed by atoms with Gasteiger partial charge < -0.3 is 10.6 Å². The lowest BCUT2D eigenvalue weighted by atomic mass is 10.1. The van der Waals surface area contributed by atoms with Crippen molar-refractivity contribution < 1.29 is 4.79 Å². The van der Waals surface area contributed by atoms with Gasteiger partial charge in [-0.2, -0.15) is 0 Å². The Morgan fingerprint density at radius 1 is 0.962 bits per heavy atom. The molecule has 0 atom stereocenters. The summed E-state index contributed by atoms with van der Waals surface area (Å²) in [6.45, 7) is 4.14. The lowest BCUT2D eigenvalue weighted by Gasteiger charge is -2.11.